The van der Waals surface area contributed by atoms with Crippen molar-refractivity contribution in [2.45, 2.75) is 13.0 Å². The second-order valence-electron chi connectivity index (χ2n) is 6.28. The number of methoxy groups -OCH3 is 1. The molecule has 3 aromatic rings. The first-order chi connectivity index (χ1) is 14.1. The van der Waals surface area contributed by atoms with E-state index in [1.807, 2.05) is 42.5 Å². The van der Waals surface area contributed by atoms with Crippen LogP contribution in [0, 0.1) is 0 Å². The highest BCUT2D eigenvalue weighted by atomic mass is 35.5. The summed E-state index contributed by atoms with van der Waals surface area (Å²) in [6, 6.07) is 14.8. The van der Waals surface area contributed by atoms with Gasteiger partial charge < -0.3 is 14.8 Å². The summed E-state index contributed by atoms with van der Waals surface area (Å²) in [6.45, 7) is 4.02. The minimum absolute atomic E-state index is 0.158. The van der Waals surface area contributed by atoms with Crippen LogP contribution in [0.25, 0.3) is 0 Å². The van der Waals surface area contributed by atoms with Gasteiger partial charge in [0.1, 0.15) is 5.82 Å². The number of nitrogens with zero attached hydrogens (tertiary/aromatic N) is 2. The molecule has 0 aliphatic carbocycles. The molecule has 150 valence electrons. The summed E-state index contributed by atoms with van der Waals surface area (Å²) in [5.41, 5.74) is 1.96. The Bertz CT molecular complexity index is 1000. The van der Waals surface area contributed by atoms with E-state index in [4.69, 9.17) is 21.1 Å². The first-order valence-corrected chi connectivity index (χ1v) is 9.44. The molecule has 0 atom stereocenters. The molecule has 7 heteroatoms. The van der Waals surface area contributed by atoms with Gasteiger partial charge in [0, 0.05) is 11.1 Å². The zero-order valence-electron chi connectivity index (χ0n) is 16.1. The normalized spacial score (nSPS) is 10.4. The van der Waals surface area contributed by atoms with Crippen molar-refractivity contribution < 1.29 is 14.3 Å². The van der Waals surface area contributed by atoms with Gasteiger partial charge in [0.05, 0.1) is 19.9 Å². The largest absolute Gasteiger partial charge is 0.493 e. The molecule has 0 bridgehead atoms. The number of benzene rings is 2. The van der Waals surface area contributed by atoms with E-state index in [-0.39, 0.29) is 12.5 Å². The molecule has 0 saturated carbocycles. The van der Waals surface area contributed by atoms with E-state index < -0.39 is 0 Å². The highest BCUT2D eigenvalue weighted by molar-refractivity contribution is 6.31. The third kappa shape index (κ3) is 5.39. The highest BCUT2D eigenvalue weighted by Gasteiger charge is 2.12. The summed E-state index contributed by atoms with van der Waals surface area (Å²) in [5.74, 6) is 1.33. The molecule has 1 heterocycles. The quantitative estimate of drug-likeness (QED) is 0.532. The van der Waals surface area contributed by atoms with Crippen LogP contribution < -0.4 is 14.8 Å². The number of rotatable bonds is 9. The number of anilines is 1. The lowest BCUT2D eigenvalue weighted by Gasteiger charge is -2.13. The van der Waals surface area contributed by atoms with Crippen molar-refractivity contribution in [1.82, 2.24) is 9.78 Å². The summed E-state index contributed by atoms with van der Waals surface area (Å²) < 4.78 is 12.7. The molecule has 0 fully saturated rings. The van der Waals surface area contributed by atoms with Crippen molar-refractivity contribution in [2.75, 3.05) is 19.0 Å². The SMILES string of the molecule is C=CCc1ccc(OCC(=O)Nc2ccnn2Cc2ccccc2Cl)c(OC)c1. The molecular weight excluding hydrogens is 390 g/mol. The van der Waals surface area contributed by atoms with Gasteiger partial charge in [0.15, 0.2) is 18.1 Å². The smallest absolute Gasteiger partial charge is 0.263 e. The third-order valence-corrected chi connectivity index (χ3v) is 4.60. The van der Waals surface area contributed by atoms with E-state index in [0.29, 0.717) is 28.9 Å². The summed E-state index contributed by atoms with van der Waals surface area (Å²) in [6.07, 6.45) is 4.16. The number of aromatic nitrogens is 2. The molecule has 0 aliphatic heterocycles. The average Bonchev–Trinajstić information content (AvgIpc) is 3.15. The van der Waals surface area contributed by atoms with E-state index in [2.05, 4.69) is 17.0 Å². The minimum atomic E-state index is -0.303. The molecule has 0 saturated heterocycles. The monoisotopic (exact) mass is 411 g/mol. The molecular formula is C22H22ClN3O3. The van der Waals surface area contributed by atoms with Crippen LogP contribution in [0.3, 0.4) is 0 Å². The van der Waals surface area contributed by atoms with Crippen molar-refractivity contribution >= 4 is 23.3 Å². The van der Waals surface area contributed by atoms with Crippen molar-refractivity contribution in [3.63, 3.8) is 0 Å². The van der Waals surface area contributed by atoms with Crippen LogP contribution in [0.15, 0.2) is 67.4 Å². The Kier molecular flexibility index (Phi) is 6.92. The fraction of sp³-hybridized carbons (Fsp3) is 0.182. The van der Waals surface area contributed by atoms with Crippen LogP contribution >= 0.6 is 11.6 Å². The molecule has 3 rings (SSSR count). The van der Waals surface area contributed by atoms with Crippen LogP contribution in [0.2, 0.25) is 5.02 Å². The van der Waals surface area contributed by atoms with Gasteiger partial charge in [-0.1, -0.05) is 41.9 Å². The molecule has 6 nitrogen and oxygen atoms in total. The number of amides is 1. The molecule has 0 aliphatic rings. The second kappa shape index (κ2) is 9.80. The Balaban J connectivity index is 1.62. The lowest BCUT2D eigenvalue weighted by Crippen LogP contribution is -2.22. The number of ether oxygens (including phenoxy) is 2. The molecule has 1 amide bonds. The lowest BCUT2D eigenvalue weighted by molar-refractivity contribution is -0.118. The number of allylic oxidation sites excluding steroid dienone is 1. The van der Waals surface area contributed by atoms with E-state index >= 15 is 0 Å². The fourth-order valence-electron chi connectivity index (χ4n) is 2.80. The van der Waals surface area contributed by atoms with Crippen LogP contribution in [0.1, 0.15) is 11.1 Å². The van der Waals surface area contributed by atoms with Gasteiger partial charge in [0.2, 0.25) is 0 Å². The maximum Gasteiger partial charge on any atom is 0.263 e. The van der Waals surface area contributed by atoms with Gasteiger partial charge in [-0.05, 0) is 35.7 Å². The second-order valence-corrected chi connectivity index (χ2v) is 6.69. The Labute approximate surface area is 174 Å². The van der Waals surface area contributed by atoms with Gasteiger partial charge in [0.25, 0.3) is 5.91 Å². The summed E-state index contributed by atoms with van der Waals surface area (Å²) in [7, 11) is 1.56. The maximum absolute atomic E-state index is 12.4. The van der Waals surface area contributed by atoms with Gasteiger partial charge in [-0.3, -0.25) is 4.79 Å². The van der Waals surface area contributed by atoms with Crippen molar-refractivity contribution in [3.8, 4) is 11.5 Å². The van der Waals surface area contributed by atoms with Crippen LogP contribution in [-0.4, -0.2) is 29.4 Å². The molecule has 29 heavy (non-hydrogen) atoms. The fourth-order valence-corrected chi connectivity index (χ4v) is 3.00. The molecule has 0 unspecified atom stereocenters. The van der Waals surface area contributed by atoms with Crippen molar-refractivity contribution in [3.05, 3.63) is 83.5 Å². The Morgan fingerprint density at radius 3 is 2.83 bits per heavy atom. The maximum atomic E-state index is 12.4. The molecule has 0 radical (unpaired) electrons. The van der Waals surface area contributed by atoms with Gasteiger partial charge >= 0.3 is 0 Å². The number of hydrogen-bond donors (Lipinski definition) is 1. The zero-order valence-corrected chi connectivity index (χ0v) is 16.9. The molecule has 1 aromatic heterocycles. The lowest BCUT2D eigenvalue weighted by atomic mass is 10.1. The molecule has 0 spiro atoms. The van der Waals surface area contributed by atoms with E-state index in [9.17, 15) is 4.79 Å². The molecule has 1 N–H and O–H groups in total. The van der Waals surface area contributed by atoms with Crippen molar-refractivity contribution in [2.24, 2.45) is 0 Å². The van der Waals surface area contributed by atoms with Gasteiger partial charge in [-0.2, -0.15) is 5.10 Å². The minimum Gasteiger partial charge on any atom is -0.493 e. The molecule has 2 aromatic carbocycles. The first-order valence-electron chi connectivity index (χ1n) is 9.06. The Hall–Kier alpha value is -3.25. The van der Waals surface area contributed by atoms with E-state index in [1.54, 1.807) is 30.1 Å². The van der Waals surface area contributed by atoms with E-state index in [0.717, 1.165) is 17.5 Å². The van der Waals surface area contributed by atoms with Gasteiger partial charge in [-0.15, -0.1) is 6.58 Å². The highest BCUT2D eigenvalue weighted by Crippen LogP contribution is 2.28. The standard InChI is InChI=1S/C22H22ClN3O3/c1-3-6-16-9-10-19(20(13-16)28-2)29-15-22(27)25-21-11-12-24-26(21)14-17-7-4-5-8-18(17)23/h3-5,7-13H,1,6,14-15H2,2H3,(H,25,27). The predicted octanol–water partition coefficient (Wildman–Crippen LogP) is 4.34. The Morgan fingerprint density at radius 1 is 1.24 bits per heavy atom. The first kappa shape index (κ1) is 20.5. The zero-order chi connectivity index (χ0) is 20.6. The van der Waals surface area contributed by atoms with Crippen LogP contribution in [0.4, 0.5) is 5.82 Å². The van der Waals surface area contributed by atoms with Crippen molar-refractivity contribution in [1.29, 1.82) is 0 Å². The number of nitrogens with one attached hydrogen (secondary N) is 1. The summed E-state index contributed by atoms with van der Waals surface area (Å²) in [5, 5.41) is 7.71. The third-order valence-electron chi connectivity index (χ3n) is 4.23. The number of hydrogen-bond acceptors (Lipinski definition) is 4. The average molecular weight is 412 g/mol. The summed E-state index contributed by atoms with van der Waals surface area (Å²) >= 11 is 6.21. The number of carbonyl (C=O) groups excluding carboxylic acids is 1. The van der Waals surface area contributed by atoms with Crippen LogP contribution in [0.5, 0.6) is 11.5 Å². The topological polar surface area (TPSA) is 65.4 Å². The predicted molar refractivity (Wildman–Crippen MR) is 114 cm³/mol. The number of halogens is 1. The van der Waals surface area contributed by atoms with Gasteiger partial charge in [-0.25, -0.2) is 4.68 Å². The van der Waals surface area contributed by atoms with Crippen LogP contribution in [-0.2, 0) is 17.8 Å². The van der Waals surface area contributed by atoms with E-state index in [1.165, 1.54) is 0 Å². The summed E-state index contributed by atoms with van der Waals surface area (Å²) in [4.78, 5) is 12.4. The number of carbonyl (C=O) groups is 1. The Morgan fingerprint density at radius 2 is 2.07 bits per heavy atom.